The second-order valence-electron chi connectivity index (χ2n) is 6.09. The van der Waals surface area contributed by atoms with E-state index in [0.717, 1.165) is 29.9 Å². The summed E-state index contributed by atoms with van der Waals surface area (Å²) in [4.78, 5) is 12.0. The average Bonchev–Trinajstić information content (AvgIpc) is 3.18. The van der Waals surface area contributed by atoms with E-state index < -0.39 is 0 Å². The highest BCUT2D eigenvalue weighted by Gasteiger charge is 2.46. The maximum Gasteiger partial charge on any atom is 0.220 e. The molecule has 0 saturated heterocycles. The number of benzene rings is 1. The van der Waals surface area contributed by atoms with Gasteiger partial charge < -0.3 is 14.8 Å². The van der Waals surface area contributed by atoms with E-state index in [2.05, 4.69) is 19.2 Å². The quantitative estimate of drug-likeness (QED) is 0.919. The van der Waals surface area contributed by atoms with Crippen molar-refractivity contribution >= 4 is 5.91 Å². The Labute approximate surface area is 119 Å². The lowest BCUT2D eigenvalue weighted by molar-refractivity contribution is -0.122. The van der Waals surface area contributed by atoms with Crippen LogP contribution in [0.25, 0.3) is 0 Å². The van der Waals surface area contributed by atoms with Crippen molar-refractivity contribution in [3.63, 3.8) is 0 Å². The minimum atomic E-state index is -0.179. The van der Waals surface area contributed by atoms with Crippen LogP contribution in [0.4, 0.5) is 0 Å². The molecule has 0 unspecified atom stereocenters. The molecule has 1 fully saturated rings. The van der Waals surface area contributed by atoms with Crippen molar-refractivity contribution in [2.75, 3.05) is 13.2 Å². The molecule has 2 aliphatic rings. The summed E-state index contributed by atoms with van der Waals surface area (Å²) < 4.78 is 11.2. The fraction of sp³-hybridized carbons (Fsp3) is 0.562. The van der Waals surface area contributed by atoms with Crippen LogP contribution >= 0.6 is 0 Å². The summed E-state index contributed by atoms with van der Waals surface area (Å²) in [6.45, 7) is 5.30. The van der Waals surface area contributed by atoms with Crippen LogP contribution in [-0.2, 0) is 10.3 Å². The molecule has 0 bridgehead atoms. The minimum absolute atomic E-state index is 0.132. The van der Waals surface area contributed by atoms with Gasteiger partial charge in [0.05, 0.1) is 5.54 Å². The predicted octanol–water partition coefficient (Wildman–Crippen LogP) is 2.61. The molecule has 1 aromatic rings. The zero-order chi connectivity index (χ0) is 14.2. The number of carbonyl (C=O) groups excluding carboxylic acids is 1. The summed E-state index contributed by atoms with van der Waals surface area (Å²) >= 11 is 0. The number of hydrogen-bond donors (Lipinski definition) is 1. The maximum absolute atomic E-state index is 12.0. The van der Waals surface area contributed by atoms with Crippen molar-refractivity contribution in [2.45, 2.75) is 38.6 Å². The number of hydrogen-bond acceptors (Lipinski definition) is 3. The van der Waals surface area contributed by atoms with Gasteiger partial charge in [0.15, 0.2) is 11.5 Å². The topological polar surface area (TPSA) is 47.6 Å². The molecule has 0 aromatic heterocycles. The highest BCUT2D eigenvalue weighted by molar-refractivity contribution is 5.78. The fourth-order valence-corrected chi connectivity index (χ4v) is 2.64. The highest BCUT2D eigenvalue weighted by atomic mass is 16.6. The van der Waals surface area contributed by atoms with Crippen LogP contribution in [0, 0.1) is 5.92 Å². The summed E-state index contributed by atoms with van der Waals surface area (Å²) in [5, 5.41) is 3.19. The molecule has 0 radical (unpaired) electrons. The van der Waals surface area contributed by atoms with Gasteiger partial charge in [0.25, 0.3) is 0 Å². The Balaban J connectivity index is 1.76. The molecular weight excluding hydrogens is 254 g/mol. The third-order valence-corrected chi connectivity index (χ3v) is 3.82. The molecule has 1 heterocycles. The van der Waals surface area contributed by atoms with Crippen molar-refractivity contribution in [3.8, 4) is 11.5 Å². The van der Waals surface area contributed by atoms with Gasteiger partial charge in [0.2, 0.25) is 5.91 Å². The first-order chi connectivity index (χ1) is 9.59. The summed E-state index contributed by atoms with van der Waals surface area (Å²) in [5.41, 5.74) is 0.945. The third-order valence-electron chi connectivity index (χ3n) is 3.82. The standard InChI is InChI=1S/C16H21NO3/c1-11(2)9-15(18)17-16(5-6-16)12-3-4-13-14(10-12)20-8-7-19-13/h3-4,10-11H,5-9H2,1-2H3,(H,17,18). The highest BCUT2D eigenvalue weighted by Crippen LogP contribution is 2.47. The molecule has 4 nitrogen and oxygen atoms in total. The van der Waals surface area contributed by atoms with E-state index in [1.54, 1.807) is 0 Å². The largest absolute Gasteiger partial charge is 0.486 e. The Morgan fingerprint density at radius 1 is 1.25 bits per heavy atom. The molecule has 0 atom stereocenters. The van der Waals surface area contributed by atoms with Crippen LogP contribution in [0.2, 0.25) is 0 Å². The van der Waals surface area contributed by atoms with Gasteiger partial charge >= 0.3 is 0 Å². The van der Waals surface area contributed by atoms with Gasteiger partial charge in [0, 0.05) is 6.42 Å². The second-order valence-corrected chi connectivity index (χ2v) is 6.09. The van der Waals surface area contributed by atoms with Crippen LogP contribution in [0.15, 0.2) is 18.2 Å². The van der Waals surface area contributed by atoms with E-state index >= 15 is 0 Å². The monoisotopic (exact) mass is 275 g/mol. The molecule has 1 aromatic carbocycles. The zero-order valence-electron chi connectivity index (χ0n) is 12.1. The van der Waals surface area contributed by atoms with E-state index in [-0.39, 0.29) is 11.4 Å². The SMILES string of the molecule is CC(C)CC(=O)NC1(c2ccc3c(c2)OCCO3)CC1. The Morgan fingerprint density at radius 2 is 1.95 bits per heavy atom. The third kappa shape index (κ3) is 2.60. The summed E-state index contributed by atoms with van der Waals surface area (Å²) in [7, 11) is 0. The van der Waals surface area contributed by atoms with E-state index in [9.17, 15) is 4.79 Å². The molecule has 0 spiro atoms. The Kier molecular flexibility index (Phi) is 3.32. The molecule has 1 saturated carbocycles. The van der Waals surface area contributed by atoms with Crippen molar-refractivity contribution < 1.29 is 14.3 Å². The zero-order valence-corrected chi connectivity index (χ0v) is 12.1. The number of ether oxygens (including phenoxy) is 2. The van der Waals surface area contributed by atoms with Gasteiger partial charge in [-0.15, -0.1) is 0 Å². The van der Waals surface area contributed by atoms with E-state index in [0.29, 0.717) is 25.6 Å². The number of fused-ring (bicyclic) bond motifs is 1. The molecular formula is C16H21NO3. The minimum Gasteiger partial charge on any atom is -0.486 e. The van der Waals surface area contributed by atoms with Crippen LogP contribution in [0.1, 0.15) is 38.7 Å². The number of rotatable bonds is 4. The van der Waals surface area contributed by atoms with Gasteiger partial charge in [-0.3, -0.25) is 4.79 Å². The molecule has 1 aliphatic heterocycles. The molecule has 1 N–H and O–H groups in total. The smallest absolute Gasteiger partial charge is 0.220 e. The van der Waals surface area contributed by atoms with Gasteiger partial charge in [-0.25, -0.2) is 0 Å². The first-order valence-electron chi connectivity index (χ1n) is 7.30. The Morgan fingerprint density at radius 3 is 2.60 bits per heavy atom. The van der Waals surface area contributed by atoms with Gasteiger partial charge in [-0.1, -0.05) is 19.9 Å². The van der Waals surface area contributed by atoms with E-state index in [1.807, 2.05) is 18.2 Å². The molecule has 1 amide bonds. The lowest BCUT2D eigenvalue weighted by atomic mass is 10.0. The van der Waals surface area contributed by atoms with Gasteiger partial charge in [-0.05, 0) is 36.5 Å². The fourth-order valence-electron chi connectivity index (χ4n) is 2.64. The number of carbonyl (C=O) groups is 1. The van der Waals surface area contributed by atoms with Crippen LogP contribution < -0.4 is 14.8 Å². The maximum atomic E-state index is 12.0. The van der Waals surface area contributed by atoms with Gasteiger partial charge in [0.1, 0.15) is 13.2 Å². The number of nitrogens with one attached hydrogen (secondary N) is 1. The molecule has 4 heteroatoms. The van der Waals surface area contributed by atoms with Crippen LogP contribution in [0.3, 0.4) is 0 Å². The second kappa shape index (κ2) is 5.00. The first kappa shape index (κ1) is 13.3. The molecule has 3 rings (SSSR count). The first-order valence-corrected chi connectivity index (χ1v) is 7.30. The summed E-state index contributed by atoms with van der Waals surface area (Å²) in [6, 6.07) is 5.99. The van der Waals surface area contributed by atoms with Crippen LogP contribution in [0.5, 0.6) is 11.5 Å². The average molecular weight is 275 g/mol. The molecule has 108 valence electrons. The van der Waals surface area contributed by atoms with E-state index in [4.69, 9.17) is 9.47 Å². The lowest BCUT2D eigenvalue weighted by Gasteiger charge is -2.23. The normalized spacial score (nSPS) is 18.8. The van der Waals surface area contributed by atoms with Crippen molar-refractivity contribution in [1.82, 2.24) is 5.32 Å². The van der Waals surface area contributed by atoms with Crippen molar-refractivity contribution in [2.24, 2.45) is 5.92 Å². The Bertz CT molecular complexity index is 520. The van der Waals surface area contributed by atoms with Gasteiger partial charge in [-0.2, -0.15) is 0 Å². The van der Waals surface area contributed by atoms with E-state index in [1.165, 1.54) is 0 Å². The molecule has 1 aliphatic carbocycles. The lowest BCUT2D eigenvalue weighted by Crippen LogP contribution is -2.35. The van der Waals surface area contributed by atoms with Crippen molar-refractivity contribution in [1.29, 1.82) is 0 Å². The van der Waals surface area contributed by atoms with Crippen molar-refractivity contribution in [3.05, 3.63) is 23.8 Å². The molecule has 20 heavy (non-hydrogen) atoms. The van der Waals surface area contributed by atoms with Crippen LogP contribution in [-0.4, -0.2) is 19.1 Å². The summed E-state index contributed by atoms with van der Waals surface area (Å²) in [5.74, 6) is 2.10. The number of amides is 1. The predicted molar refractivity (Wildman–Crippen MR) is 75.9 cm³/mol. The Hall–Kier alpha value is -1.71. The summed E-state index contributed by atoms with van der Waals surface area (Å²) in [6.07, 6.45) is 2.57.